The summed E-state index contributed by atoms with van der Waals surface area (Å²) in [6.07, 6.45) is 3.49. The largest absolute Gasteiger partial charge is 0.380 e. The van der Waals surface area contributed by atoms with Gasteiger partial charge in [-0.1, -0.05) is 36.8 Å². The average molecular weight is 371 g/mol. The second-order valence-electron chi connectivity index (χ2n) is 6.97. The number of aromatic nitrogens is 4. The number of anilines is 1. The van der Waals surface area contributed by atoms with Crippen molar-refractivity contribution in [3.63, 3.8) is 0 Å². The van der Waals surface area contributed by atoms with E-state index in [9.17, 15) is 0 Å². The monoisotopic (exact) mass is 370 g/mol. The molecule has 0 bridgehead atoms. The highest BCUT2D eigenvalue weighted by Crippen LogP contribution is 2.30. The van der Waals surface area contributed by atoms with Gasteiger partial charge in [-0.05, 0) is 24.1 Å². The number of nitrogens with zero attached hydrogens (tertiary/aromatic N) is 5. The number of rotatable bonds is 5. The number of hydrogen-bond acceptors (Lipinski definition) is 6. The number of imidazole rings is 1. The van der Waals surface area contributed by atoms with Crippen molar-refractivity contribution in [2.24, 2.45) is 10.5 Å². The molecule has 0 spiro atoms. The molecule has 26 heavy (non-hydrogen) atoms. The molecule has 0 saturated carbocycles. The Morgan fingerprint density at radius 2 is 2.23 bits per heavy atom. The van der Waals surface area contributed by atoms with Crippen LogP contribution in [-0.4, -0.2) is 38.9 Å². The number of fused-ring (bicyclic) bond motifs is 1. The van der Waals surface area contributed by atoms with Gasteiger partial charge in [0.2, 0.25) is 5.28 Å². The van der Waals surface area contributed by atoms with Crippen molar-refractivity contribution >= 4 is 34.8 Å². The molecule has 1 aliphatic heterocycles. The van der Waals surface area contributed by atoms with Crippen LogP contribution in [0.15, 0.2) is 35.7 Å². The second kappa shape index (κ2) is 6.66. The molecule has 8 heteroatoms. The molecule has 0 amide bonds. The summed E-state index contributed by atoms with van der Waals surface area (Å²) >= 11 is 6.11. The maximum Gasteiger partial charge on any atom is 0.226 e. The fourth-order valence-corrected chi connectivity index (χ4v) is 3.15. The van der Waals surface area contributed by atoms with Gasteiger partial charge in [-0.15, -0.1) is 0 Å². The van der Waals surface area contributed by atoms with E-state index in [-0.39, 0.29) is 10.7 Å². The zero-order chi connectivity index (χ0) is 18.1. The minimum Gasteiger partial charge on any atom is -0.380 e. The predicted molar refractivity (Wildman–Crippen MR) is 102 cm³/mol. The number of hydrogen-bond donors (Lipinski definition) is 1. The molecule has 1 N–H and O–H groups in total. The quantitative estimate of drug-likeness (QED) is 0.423. The van der Waals surface area contributed by atoms with E-state index < -0.39 is 0 Å². The highest BCUT2D eigenvalue weighted by atomic mass is 35.5. The van der Waals surface area contributed by atoms with E-state index in [0.717, 1.165) is 25.3 Å². The van der Waals surface area contributed by atoms with Crippen LogP contribution in [-0.2, 0) is 11.3 Å². The number of hydrazone groups is 1. The first kappa shape index (κ1) is 16.9. The molecule has 0 unspecified atom stereocenters. The van der Waals surface area contributed by atoms with Crippen molar-refractivity contribution in [2.45, 2.75) is 20.4 Å². The van der Waals surface area contributed by atoms with Gasteiger partial charge in [-0.2, -0.15) is 15.1 Å². The van der Waals surface area contributed by atoms with Crippen LogP contribution in [0.25, 0.3) is 11.2 Å². The molecule has 1 aromatic carbocycles. The van der Waals surface area contributed by atoms with E-state index in [1.165, 1.54) is 5.56 Å². The fourth-order valence-electron chi connectivity index (χ4n) is 2.98. The standard InChI is InChI=1S/C18H19ClN6O/c1-12-4-3-5-13(6-12)7-21-24-15-14-16(23-17(19)22-15)25(11-20-14)8-18(2)9-26-10-18/h3-7,11H,8-10H2,1-2H3,(H,22,23,24)/b21-7+. The number of benzene rings is 1. The van der Waals surface area contributed by atoms with Gasteiger partial charge in [0.1, 0.15) is 0 Å². The summed E-state index contributed by atoms with van der Waals surface area (Å²) in [6, 6.07) is 8.06. The van der Waals surface area contributed by atoms with Crippen molar-refractivity contribution in [3.05, 3.63) is 47.0 Å². The Hall–Kier alpha value is -2.51. The van der Waals surface area contributed by atoms with E-state index in [0.29, 0.717) is 17.0 Å². The smallest absolute Gasteiger partial charge is 0.226 e. The minimum absolute atomic E-state index is 0.0992. The van der Waals surface area contributed by atoms with Crippen molar-refractivity contribution in [1.29, 1.82) is 0 Å². The Morgan fingerprint density at radius 3 is 2.96 bits per heavy atom. The normalized spacial score (nSPS) is 16.1. The van der Waals surface area contributed by atoms with Crippen LogP contribution in [0.2, 0.25) is 5.28 Å². The van der Waals surface area contributed by atoms with Crippen molar-refractivity contribution in [1.82, 2.24) is 19.5 Å². The van der Waals surface area contributed by atoms with E-state index >= 15 is 0 Å². The van der Waals surface area contributed by atoms with Gasteiger partial charge in [-0.25, -0.2) is 4.98 Å². The third-order valence-electron chi connectivity index (χ3n) is 4.32. The predicted octanol–water partition coefficient (Wildman–Crippen LogP) is 3.27. The van der Waals surface area contributed by atoms with Crippen molar-refractivity contribution in [2.75, 3.05) is 18.6 Å². The molecule has 4 rings (SSSR count). The topological polar surface area (TPSA) is 77.2 Å². The number of aryl methyl sites for hydroxylation is 1. The molecule has 134 valence electrons. The van der Waals surface area contributed by atoms with Crippen LogP contribution in [0.1, 0.15) is 18.1 Å². The van der Waals surface area contributed by atoms with Crippen LogP contribution in [0.4, 0.5) is 5.82 Å². The Bertz CT molecular complexity index is 979. The summed E-state index contributed by atoms with van der Waals surface area (Å²) in [5.41, 5.74) is 6.53. The molecule has 3 aromatic rings. The molecule has 1 saturated heterocycles. The SMILES string of the molecule is Cc1cccc(/C=N/Nc2nc(Cl)nc3c2ncn3CC2(C)COC2)c1. The number of halogens is 1. The Balaban J connectivity index is 1.60. The first-order valence-corrected chi connectivity index (χ1v) is 8.72. The van der Waals surface area contributed by atoms with E-state index in [1.54, 1.807) is 12.5 Å². The summed E-state index contributed by atoms with van der Waals surface area (Å²) in [7, 11) is 0. The highest BCUT2D eigenvalue weighted by Gasteiger charge is 2.34. The third-order valence-corrected chi connectivity index (χ3v) is 4.48. The Kier molecular flexibility index (Phi) is 4.34. The fraction of sp³-hybridized carbons (Fsp3) is 0.333. The van der Waals surface area contributed by atoms with E-state index in [1.807, 2.05) is 35.8 Å². The highest BCUT2D eigenvalue weighted by molar-refractivity contribution is 6.28. The molecule has 1 fully saturated rings. The van der Waals surface area contributed by atoms with Crippen molar-refractivity contribution < 1.29 is 4.74 Å². The maximum atomic E-state index is 6.11. The van der Waals surface area contributed by atoms with E-state index in [2.05, 4.69) is 32.4 Å². The molecular formula is C18H19ClN6O. The average Bonchev–Trinajstić information content (AvgIpc) is 2.96. The molecule has 2 aromatic heterocycles. The minimum atomic E-state index is 0.0992. The van der Waals surface area contributed by atoms with Gasteiger partial charge in [-0.3, -0.25) is 5.43 Å². The number of nitrogens with one attached hydrogen (secondary N) is 1. The first-order valence-electron chi connectivity index (χ1n) is 8.34. The maximum absolute atomic E-state index is 6.11. The lowest BCUT2D eigenvalue weighted by molar-refractivity contribution is -0.109. The van der Waals surface area contributed by atoms with Gasteiger partial charge in [0, 0.05) is 12.0 Å². The number of ether oxygens (including phenoxy) is 1. The van der Waals surface area contributed by atoms with Crippen LogP contribution in [0, 0.1) is 12.3 Å². The van der Waals surface area contributed by atoms with Gasteiger partial charge < -0.3 is 9.30 Å². The molecule has 3 heterocycles. The lowest BCUT2D eigenvalue weighted by Gasteiger charge is -2.38. The van der Waals surface area contributed by atoms with Gasteiger partial charge in [0.25, 0.3) is 0 Å². The van der Waals surface area contributed by atoms with Crippen LogP contribution in [0.3, 0.4) is 0 Å². The Labute approximate surface area is 156 Å². The first-order chi connectivity index (χ1) is 12.5. The van der Waals surface area contributed by atoms with Gasteiger partial charge in [0.05, 0.1) is 25.8 Å². The summed E-state index contributed by atoms with van der Waals surface area (Å²) in [4.78, 5) is 13.0. The van der Waals surface area contributed by atoms with Gasteiger partial charge in [0.15, 0.2) is 17.0 Å². The third kappa shape index (κ3) is 3.40. The van der Waals surface area contributed by atoms with Crippen molar-refractivity contribution in [3.8, 4) is 0 Å². The Morgan fingerprint density at radius 1 is 1.38 bits per heavy atom. The summed E-state index contributed by atoms with van der Waals surface area (Å²) in [5, 5.41) is 4.42. The van der Waals surface area contributed by atoms with Crippen LogP contribution in [0.5, 0.6) is 0 Å². The second-order valence-corrected chi connectivity index (χ2v) is 7.31. The van der Waals surface area contributed by atoms with Crippen LogP contribution >= 0.6 is 11.6 Å². The van der Waals surface area contributed by atoms with Crippen LogP contribution < -0.4 is 5.43 Å². The lowest BCUT2D eigenvalue weighted by Crippen LogP contribution is -2.43. The summed E-state index contributed by atoms with van der Waals surface area (Å²) < 4.78 is 7.31. The summed E-state index contributed by atoms with van der Waals surface area (Å²) in [6.45, 7) is 6.45. The zero-order valence-corrected chi connectivity index (χ0v) is 15.4. The summed E-state index contributed by atoms with van der Waals surface area (Å²) in [5.74, 6) is 0.484. The zero-order valence-electron chi connectivity index (χ0n) is 14.6. The molecular weight excluding hydrogens is 352 g/mol. The molecule has 0 radical (unpaired) electrons. The molecule has 7 nitrogen and oxygen atoms in total. The molecule has 0 atom stereocenters. The lowest BCUT2D eigenvalue weighted by atomic mass is 9.89. The van der Waals surface area contributed by atoms with Gasteiger partial charge >= 0.3 is 0 Å². The molecule has 1 aliphatic rings. The van der Waals surface area contributed by atoms with E-state index in [4.69, 9.17) is 16.3 Å². The molecule has 0 aliphatic carbocycles.